The van der Waals surface area contributed by atoms with E-state index in [0.29, 0.717) is 6.04 Å². The maximum Gasteiger partial charge on any atom is 0.103 e. The van der Waals surface area contributed by atoms with Gasteiger partial charge in [-0.25, -0.2) is 0 Å². The fourth-order valence-electron chi connectivity index (χ4n) is 5.62. The van der Waals surface area contributed by atoms with E-state index in [1.54, 1.807) is 6.26 Å². The van der Waals surface area contributed by atoms with Crippen LogP contribution in [-0.2, 0) is 6.42 Å². The van der Waals surface area contributed by atoms with E-state index in [1.807, 2.05) is 6.07 Å². The van der Waals surface area contributed by atoms with E-state index >= 15 is 0 Å². The first-order valence-electron chi connectivity index (χ1n) is 8.07. The molecule has 1 atom stereocenters. The molecule has 0 saturated heterocycles. The van der Waals surface area contributed by atoms with Crippen LogP contribution in [0.1, 0.15) is 44.3 Å². The Kier molecular flexibility index (Phi) is 2.95. The minimum absolute atomic E-state index is 0.389. The van der Waals surface area contributed by atoms with Gasteiger partial charge >= 0.3 is 0 Å². The topological polar surface area (TPSA) is 39.2 Å². The second-order valence-corrected chi connectivity index (χ2v) is 7.29. The number of hydrogen-bond acceptors (Lipinski definition) is 2. The van der Waals surface area contributed by atoms with Crippen LogP contribution in [0, 0.1) is 29.6 Å². The van der Waals surface area contributed by atoms with E-state index in [4.69, 9.17) is 10.2 Å². The summed E-state index contributed by atoms with van der Waals surface area (Å²) in [6.07, 6.45) is 11.3. The molecule has 104 valence electrons. The van der Waals surface area contributed by atoms with Crippen LogP contribution in [0.3, 0.4) is 0 Å². The van der Waals surface area contributed by atoms with Crippen LogP contribution in [0.5, 0.6) is 0 Å². The zero-order valence-corrected chi connectivity index (χ0v) is 11.6. The Morgan fingerprint density at radius 1 is 1.11 bits per heavy atom. The van der Waals surface area contributed by atoms with Crippen molar-refractivity contribution in [2.24, 2.45) is 35.3 Å². The molecule has 4 aliphatic carbocycles. The van der Waals surface area contributed by atoms with Crippen LogP contribution >= 0.6 is 0 Å². The Balaban J connectivity index is 1.41. The van der Waals surface area contributed by atoms with Crippen molar-refractivity contribution in [3.63, 3.8) is 0 Å². The lowest BCUT2D eigenvalue weighted by Crippen LogP contribution is -2.51. The SMILES string of the molecule is NC(CCc1ccco1)C1C2CC3CC(C2)CC1C3. The molecule has 4 bridgehead atoms. The van der Waals surface area contributed by atoms with Gasteiger partial charge in [0.05, 0.1) is 6.26 Å². The first-order valence-corrected chi connectivity index (χ1v) is 8.07. The monoisotopic (exact) mass is 259 g/mol. The minimum atomic E-state index is 0.389. The van der Waals surface area contributed by atoms with Gasteiger partial charge in [-0.2, -0.15) is 0 Å². The highest BCUT2D eigenvalue weighted by atomic mass is 16.3. The van der Waals surface area contributed by atoms with Gasteiger partial charge in [0.25, 0.3) is 0 Å². The quantitative estimate of drug-likeness (QED) is 0.897. The van der Waals surface area contributed by atoms with E-state index < -0.39 is 0 Å². The molecule has 5 rings (SSSR count). The van der Waals surface area contributed by atoms with Crippen molar-refractivity contribution in [1.82, 2.24) is 0 Å². The van der Waals surface area contributed by atoms with Crippen molar-refractivity contribution in [1.29, 1.82) is 0 Å². The van der Waals surface area contributed by atoms with Crippen LogP contribution < -0.4 is 5.73 Å². The van der Waals surface area contributed by atoms with E-state index in [9.17, 15) is 0 Å². The molecule has 0 spiro atoms. The van der Waals surface area contributed by atoms with Gasteiger partial charge in [0, 0.05) is 12.5 Å². The van der Waals surface area contributed by atoms with E-state index in [1.165, 1.54) is 32.1 Å². The van der Waals surface area contributed by atoms with Crippen LogP contribution in [0.25, 0.3) is 0 Å². The standard InChI is InChI=1S/C17H25NO/c18-16(4-3-15-2-1-5-19-15)17-13-7-11-6-12(9-13)10-14(17)8-11/h1-2,5,11-14,16-17H,3-4,6-10,18H2. The number of hydrogen-bond donors (Lipinski definition) is 1. The molecule has 19 heavy (non-hydrogen) atoms. The molecule has 0 amide bonds. The number of aryl methyl sites for hydroxylation is 1. The smallest absolute Gasteiger partial charge is 0.103 e. The summed E-state index contributed by atoms with van der Waals surface area (Å²) < 4.78 is 5.43. The van der Waals surface area contributed by atoms with E-state index in [2.05, 4.69) is 6.07 Å². The first-order chi connectivity index (χ1) is 9.29. The second-order valence-electron chi connectivity index (χ2n) is 7.29. The Morgan fingerprint density at radius 3 is 2.37 bits per heavy atom. The summed E-state index contributed by atoms with van der Waals surface area (Å²) in [6.45, 7) is 0. The summed E-state index contributed by atoms with van der Waals surface area (Å²) in [5.41, 5.74) is 6.57. The van der Waals surface area contributed by atoms with Gasteiger partial charge in [-0.15, -0.1) is 0 Å². The van der Waals surface area contributed by atoms with Crippen molar-refractivity contribution in [3.8, 4) is 0 Å². The Labute approximate surface area is 115 Å². The van der Waals surface area contributed by atoms with E-state index in [-0.39, 0.29) is 0 Å². The van der Waals surface area contributed by atoms with Gasteiger partial charge in [0.15, 0.2) is 0 Å². The van der Waals surface area contributed by atoms with Crippen molar-refractivity contribution in [3.05, 3.63) is 24.2 Å². The largest absolute Gasteiger partial charge is 0.469 e. The summed E-state index contributed by atoms with van der Waals surface area (Å²) in [5.74, 6) is 5.90. The molecule has 2 nitrogen and oxygen atoms in total. The molecule has 2 N–H and O–H groups in total. The van der Waals surface area contributed by atoms with Crippen LogP contribution in [0.4, 0.5) is 0 Å². The Hall–Kier alpha value is -0.760. The average Bonchev–Trinajstić information content (AvgIpc) is 2.88. The van der Waals surface area contributed by atoms with Gasteiger partial charge in [-0.05, 0) is 80.2 Å². The highest BCUT2D eigenvalue weighted by Crippen LogP contribution is 2.57. The van der Waals surface area contributed by atoms with Gasteiger partial charge in [0.2, 0.25) is 0 Å². The van der Waals surface area contributed by atoms with Gasteiger partial charge in [-0.3, -0.25) is 0 Å². The van der Waals surface area contributed by atoms with Crippen molar-refractivity contribution < 1.29 is 4.42 Å². The third-order valence-corrected chi connectivity index (χ3v) is 6.10. The number of rotatable bonds is 4. The number of furan rings is 1. The maximum atomic E-state index is 6.57. The summed E-state index contributed by atoms with van der Waals surface area (Å²) in [4.78, 5) is 0. The molecule has 1 heterocycles. The molecule has 4 saturated carbocycles. The molecule has 2 heteroatoms. The van der Waals surface area contributed by atoms with Crippen molar-refractivity contribution >= 4 is 0 Å². The summed E-state index contributed by atoms with van der Waals surface area (Å²) >= 11 is 0. The summed E-state index contributed by atoms with van der Waals surface area (Å²) in [7, 11) is 0. The molecular formula is C17H25NO. The molecular weight excluding hydrogens is 234 g/mol. The lowest BCUT2D eigenvalue weighted by Gasteiger charge is -2.56. The van der Waals surface area contributed by atoms with Gasteiger partial charge < -0.3 is 10.2 Å². The molecule has 4 aliphatic rings. The predicted molar refractivity (Wildman–Crippen MR) is 75.5 cm³/mol. The Bertz CT molecular complexity index is 396. The minimum Gasteiger partial charge on any atom is -0.469 e. The Morgan fingerprint density at radius 2 is 1.79 bits per heavy atom. The zero-order valence-electron chi connectivity index (χ0n) is 11.6. The molecule has 0 aromatic carbocycles. The third kappa shape index (κ3) is 2.14. The predicted octanol–water partition coefficient (Wildman–Crippen LogP) is 3.61. The second kappa shape index (κ2) is 4.66. The third-order valence-electron chi connectivity index (χ3n) is 6.10. The highest BCUT2D eigenvalue weighted by molar-refractivity contribution is 5.03. The molecule has 0 aliphatic heterocycles. The fourth-order valence-corrected chi connectivity index (χ4v) is 5.62. The van der Waals surface area contributed by atoms with Gasteiger partial charge in [-0.1, -0.05) is 0 Å². The molecule has 4 fully saturated rings. The lowest BCUT2D eigenvalue weighted by atomic mass is 9.50. The number of nitrogens with two attached hydrogens (primary N) is 1. The molecule has 1 aromatic heterocycles. The summed E-state index contributed by atoms with van der Waals surface area (Å²) in [5, 5.41) is 0. The van der Waals surface area contributed by atoms with Crippen molar-refractivity contribution in [2.45, 2.75) is 51.0 Å². The zero-order chi connectivity index (χ0) is 12.8. The molecule has 0 radical (unpaired) electrons. The van der Waals surface area contributed by atoms with E-state index in [0.717, 1.165) is 48.2 Å². The van der Waals surface area contributed by atoms with Crippen LogP contribution in [-0.4, -0.2) is 6.04 Å². The van der Waals surface area contributed by atoms with Gasteiger partial charge in [0.1, 0.15) is 5.76 Å². The molecule has 1 unspecified atom stereocenters. The van der Waals surface area contributed by atoms with Crippen LogP contribution in [0.2, 0.25) is 0 Å². The normalized spacial score (nSPS) is 41.6. The fraction of sp³-hybridized carbons (Fsp3) is 0.765. The lowest BCUT2D eigenvalue weighted by molar-refractivity contribution is -0.0476. The maximum absolute atomic E-state index is 6.57. The van der Waals surface area contributed by atoms with Crippen molar-refractivity contribution in [2.75, 3.05) is 0 Å². The average molecular weight is 259 g/mol. The summed E-state index contributed by atoms with van der Waals surface area (Å²) in [6, 6.07) is 4.44. The first kappa shape index (κ1) is 12.0. The highest BCUT2D eigenvalue weighted by Gasteiger charge is 2.49. The molecule has 1 aromatic rings. The van der Waals surface area contributed by atoms with Crippen LogP contribution in [0.15, 0.2) is 22.8 Å².